The smallest absolute Gasteiger partial charge is 0.106 e. The molecule has 0 aliphatic heterocycles. The largest absolute Gasteiger partial charge is 0.382 e. The fourth-order valence-electron chi connectivity index (χ4n) is 0.541. The van der Waals surface area contributed by atoms with Gasteiger partial charge in [-0.25, -0.2) is 9.78 Å². The van der Waals surface area contributed by atoms with E-state index in [-0.39, 0.29) is 0 Å². The third-order valence-corrected chi connectivity index (χ3v) is 1.14. The third-order valence-electron chi connectivity index (χ3n) is 1.14. The molecule has 0 atom stereocenters. The minimum absolute atomic E-state index is 0.485. The lowest BCUT2D eigenvalue weighted by atomic mass is 10.3. The summed E-state index contributed by atoms with van der Waals surface area (Å²) >= 11 is 0. The van der Waals surface area contributed by atoms with E-state index < -0.39 is 0 Å². The van der Waals surface area contributed by atoms with Crippen LogP contribution in [0.3, 0.4) is 0 Å². The first-order valence-corrected chi connectivity index (χ1v) is 3.85. The standard InChI is InChI=1S/C7H17NO3/c1-9-6-7-11-10-5-3-2-4-8/h2-8H2,1H3. The molecule has 0 saturated heterocycles. The van der Waals surface area contributed by atoms with Crippen molar-refractivity contribution in [1.29, 1.82) is 0 Å². The third kappa shape index (κ3) is 9.84. The molecule has 0 rings (SSSR count). The molecule has 0 heterocycles. The maximum atomic E-state index is 5.27. The van der Waals surface area contributed by atoms with Gasteiger partial charge in [-0.15, -0.1) is 0 Å². The molecule has 0 aromatic rings. The van der Waals surface area contributed by atoms with Gasteiger partial charge in [-0.05, 0) is 19.4 Å². The summed E-state index contributed by atoms with van der Waals surface area (Å²) < 4.78 is 4.74. The Kier molecular flexibility index (Phi) is 9.70. The lowest BCUT2D eigenvalue weighted by molar-refractivity contribution is -0.298. The Hall–Kier alpha value is -0.160. The summed E-state index contributed by atoms with van der Waals surface area (Å²) in [4.78, 5) is 9.56. The van der Waals surface area contributed by atoms with Crippen LogP contribution in [-0.4, -0.2) is 33.5 Å². The molecule has 68 valence electrons. The van der Waals surface area contributed by atoms with Crippen molar-refractivity contribution in [1.82, 2.24) is 0 Å². The SMILES string of the molecule is COCCOOCCCCN. The summed E-state index contributed by atoms with van der Waals surface area (Å²) in [5, 5.41) is 0. The highest BCUT2D eigenvalue weighted by atomic mass is 17.2. The number of unbranched alkanes of at least 4 members (excludes halogenated alkanes) is 1. The van der Waals surface area contributed by atoms with Gasteiger partial charge >= 0.3 is 0 Å². The van der Waals surface area contributed by atoms with E-state index >= 15 is 0 Å². The highest BCUT2D eigenvalue weighted by Gasteiger charge is 1.88. The van der Waals surface area contributed by atoms with Gasteiger partial charge in [0.25, 0.3) is 0 Å². The van der Waals surface area contributed by atoms with Gasteiger partial charge < -0.3 is 10.5 Å². The van der Waals surface area contributed by atoms with Gasteiger partial charge in [-0.2, -0.15) is 0 Å². The molecule has 0 aliphatic rings. The molecule has 0 aromatic carbocycles. The lowest BCUT2D eigenvalue weighted by Crippen LogP contribution is -2.05. The molecule has 0 amide bonds. The molecule has 0 bridgehead atoms. The number of rotatable bonds is 8. The van der Waals surface area contributed by atoms with E-state index in [1.807, 2.05) is 0 Å². The number of hydrogen-bond acceptors (Lipinski definition) is 4. The quantitative estimate of drug-likeness (QED) is 0.318. The van der Waals surface area contributed by atoms with Gasteiger partial charge in [-0.1, -0.05) is 0 Å². The molecule has 0 fully saturated rings. The van der Waals surface area contributed by atoms with Crippen molar-refractivity contribution < 1.29 is 14.5 Å². The molecule has 11 heavy (non-hydrogen) atoms. The topological polar surface area (TPSA) is 53.7 Å². The average Bonchev–Trinajstić information content (AvgIpc) is 2.03. The van der Waals surface area contributed by atoms with Crippen LogP contribution in [0.2, 0.25) is 0 Å². The van der Waals surface area contributed by atoms with E-state index in [1.54, 1.807) is 7.11 Å². The first-order chi connectivity index (χ1) is 5.41. The second-order valence-electron chi connectivity index (χ2n) is 2.13. The molecule has 0 aromatic heterocycles. The van der Waals surface area contributed by atoms with Crippen molar-refractivity contribution in [2.75, 3.05) is 33.5 Å². The Morgan fingerprint density at radius 1 is 1.00 bits per heavy atom. The maximum Gasteiger partial charge on any atom is 0.106 e. The summed E-state index contributed by atoms with van der Waals surface area (Å²) in [5.41, 5.74) is 5.27. The number of ether oxygens (including phenoxy) is 1. The molecule has 0 radical (unpaired) electrons. The Morgan fingerprint density at radius 3 is 2.36 bits per heavy atom. The minimum atomic E-state index is 0.485. The van der Waals surface area contributed by atoms with Gasteiger partial charge in [-0.3, -0.25) is 0 Å². The van der Waals surface area contributed by atoms with Gasteiger partial charge in [0.1, 0.15) is 6.61 Å². The van der Waals surface area contributed by atoms with Crippen LogP contribution >= 0.6 is 0 Å². The highest BCUT2D eigenvalue weighted by molar-refractivity contribution is 4.36. The molecule has 0 saturated carbocycles. The molecular weight excluding hydrogens is 146 g/mol. The van der Waals surface area contributed by atoms with Crippen LogP contribution in [0, 0.1) is 0 Å². The van der Waals surface area contributed by atoms with E-state index in [4.69, 9.17) is 20.2 Å². The van der Waals surface area contributed by atoms with Crippen molar-refractivity contribution >= 4 is 0 Å². The van der Waals surface area contributed by atoms with Gasteiger partial charge in [0.15, 0.2) is 0 Å². The van der Waals surface area contributed by atoms with Crippen LogP contribution in [0.25, 0.3) is 0 Å². The zero-order valence-electron chi connectivity index (χ0n) is 7.04. The number of methoxy groups -OCH3 is 1. The minimum Gasteiger partial charge on any atom is -0.382 e. The van der Waals surface area contributed by atoms with Crippen molar-refractivity contribution in [3.8, 4) is 0 Å². The van der Waals surface area contributed by atoms with Crippen molar-refractivity contribution in [3.63, 3.8) is 0 Å². The second kappa shape index (κ2) is 9.84. The molecule has 4 nitrogen and oxygen atoms in total. The van der Waals surface area contributed by atoms with Crippen molar-refractivity contribution in [2.45, 2.75) is 12.8 Å². The molecular formula is C7H17NO3. The maximum absolute atomic E-state index is 5.27. The number of nitrogens with two attached hydrogens (primary N) is 1. The summed E-state index contributed by atoms with van der Waals surface area (Å²) in [7, 11) is 1.62. The van der Waals surface area contributed by atoms with Crippen molar-refractivity contribution in [2.24, 2.45) is 5.73 Å². The predicted octanol–water partition coefficient (Wildman–Crippen LogP) is 0.320. The van der Waals surface area contributed by atoms with Gasteiger partial charge in [0.05, 0.1) is 13.2 Å². The Labute approximate surface area is 67.5 Å². The molecule has 2 N–H and O–H groups in total. The van der Waals surface area contributed by atoms with Crippen LogP contribution in [0.4, 0.5) is 0 Å². The van der Waals surface area contributed by atoms with E-state index in [1.165, 1.54) is 0 Å². The molecule has 0 unspecified atom stereocenters. The molecule has 0 aliphatic carbocycles. The summed E-state index contributed by atoms with van der Waals surface area (Å²) in [6.45, 7) is 2.37. The monoisotopic (exact) mass is 163 g/mol. The van der Waals surface area contributed by atoms with E-state index in [9.17, 15) is 0 Å². The van der Waals surface area contributed by atoms with Crippen LogP contribution in [0.15, 0.2) is 0 Å². The number of hydrogen-bond donors (Lipinski definition) is 1. The van der Waals surface area contributed by atoms with Crippen LogP contribution < -0.4 is 5.73 Å². The fraction of sp³-hybridized carbons (Fsp3) is 1.00. The van der Waals surface area contributed by atoms with Crippen LogP contribution in [0.5, 0.6) is 0 Å². The Bertz CT molecular complexity index is 62.7. The first-order valence-electron chi connectivity index (χ1n) is 3.85. The Balaban J connectivity index is 2.69. The summed E-state index contributed by atoms with van der Waals surface area (Å²) in [6, 6.07) is 0. The highest BCUT2D eigenvalue weighted by Crippen LogP contribution is 1.88. The average molecular weight is 163 g/mol. The normalized spacial score (nSPS) is 10.4. The summed E-state index contributed by atoms with van der Waals surface area (Å²) in [5.74, 6) is 0. The molecule has 0 spiro atoms. The first kappa shape index (κ1) is 10.8. The van der Waals surface area contributed by atoms with Crippen LogP contribution in [0.1, 0.15) is 12.8 Å². The molecule has 4 heteroatoms. The zero-order valence-corrected chi connectivity index (χ0v) is 7.04. The zero-order chi connectivity index (χ0) is 8.36. The summed E-state index contributed by atoms with van der Waals surface area (Å²) in [6.07, 6.45) is 1.93. The second-order valence-corrected chi connectivity index (χ2v) is 2.13. The van der Waals surface area contributed by atoms with Gasteiger partial charge in [0.2, 0.25) is 0 Å². The van der Waals surface area contributed by atoms with E-state index in [2.05, 4.69) is 0 Å². The predicted molar refractivity (Wildman–Crippen MR) is 42.1 cm³/mol. The van der Waals surface area contributed by atoms with Gasteiger partial charge in [0, 0.05) is 7.11 Å². The Morgan fingerprint density at radius 2 is 1.73 bits per heavy atom. The van der Waals surface area contributed by atoms with E-state index in [0.29, 0.717) is 26.4 Å². The fourth-order valence-corrected chi connectivity index (χ4v) is 0.541. The van der Waals surface area contributed by atoms with E-state index in [0.717, 1.165) is 12.8 Å². The lowest BCUT2D eigenvalue weighted by Gasteiger charge is -2.01. The van der Waals surface area contributed by atoms with Crippen LogP contribution in [-0.2, 0) is 14.5 Å². The van der Waals surface area contributed by atoms with Crippen molar-refractivity contribution in [3.05, 3.63) is 0 Å².